The smallest absolute Gasteiger partial charge is 0.329 e. The fourth-order valence-electron chi connectivity index (χ4n) is 6.99. The average molecular weight is 717 g/mol. The number of rotatable bonds is 10. The number of fused-ring (bicyclic) bond motifs is 1. The van der Waals surface area contributed by atoms with Gasteiger partial charge in [0.25, 0.3) is 5.91 Å². The molecule has 1 N–H and O–H groups in total. The van der Waals surface area contributed by atoms with E-state index in [4.69, 9.17) is 15.9 Å². The summed E-state index contributed by atoms with van der Waals surface area (Å²) in [4.78, 5) is 89.0. The summed E-state index contributed by atoms with van der Waals surface area (Å²) in [6, 6.07) is -3.92. The van der Waals surface area contributed by atoms with Gasteiger partial charge in [-0.05, 0) is 49.9 Å². The number of terminal acetylenes is 1. The highest BCUT2D eigenvalue weighted by Gasteiger charge is 2.46. The van der Waals surface area contributed by atoms with Crippen LogP contribution in [0.15, 0.2) is 0 Å². The van der Waals surface area contributed by atoms with Crippen LogP contribution in [0.2, 0.25) is 0 Å². The molecule has 0 bridgehead atoms. The Labute approximate surface area is 306 Å². The van der Waals surface area contributed by atoms with Crippen molar-refractivity contribution in [3.63, 3.8) is 0 Å². The lowest BCUT2D eigenvalue weighted by Gasteiger charge is -2.37. The fourth-order valence-corrected chi connectivity index (χ4v) is 6.99. The number of cyclic esters (lactones) is 2. The molecule has 2 fully saturated rings. The summed E-state index contributed by atoms with van der Waals surface area (Å²) < 4.78 is 12.2. The number of unbranched alkanes of at least 4 members (excludes halogenated alkanes) is 1. The highest BCUT2D eigenvalue weighted by Crippen LogP contribution is 2.29. The molecule has 10 atom stereocenters. The number of amides is 4. The zero-order valence-corrected chi connectivity index (χ0v) is 32.9. The maximum atomic E-state index is 14.3. The standard InChI is InChI=1S/C39H64N4O8/c1-13-17-18-21-29-27(10)34(44)40-30(23(5)6)36(46)42(12)32(25(8)15-3)39(49)51-33(26(9)16-4)37(47)43-22-19-20-28(43)35(45)41(11)31(24(7)14-2)38(48)50-29/h1,23-33H,14-22H2,2-12H3,(H,40,44)/t24-,25-,26+,27+,28+,29-,30+,31+,32-,33+/m1/s1. The minimum atomic E-state index is -1.20. The molecule has 0 spiro atoms. The first kappa shape index (κ1) is 43.5. The molecule has 0 saturated carbocycles. The fraction of sp³-hybridized carbons (Fsp3) is 0.795. The monoisotopic (exact) mass is 716 g/mol. The van der Waals surface area contributed by atoms with Crippen LogP contribution in [0.4, 0.5) is 0 Å². The van der Waals surface area contributed by atoms with Crippen LogP contribution < -0.4 is 5.32 Å². The van der Waals surface area contributed by atoms with E-state index in [1.165, 1.54) is 21.7 Å². The molecule has 0 aromatic rings. The van der Waals surface area contributed by atoms with Crippen molar-refractivity contribution in [3.05, 3.63) is 0 Å². The average Bonchev–Trinajstić information content (AvgIpc) is 3.60. The summed E-state index contributed by atoms with van der Waals surface area (Å²) in [5.74, 6) is -2.94. The van der Waals surface area contributed by atoms with Crippen molar-refractivity contribution in [2.45, 2.75) is 150 Å². The number of nitrogens with zero attached hydrogens (tertiary/aromatic N) is 3. The Hall–Kier alpha value is -3.62. The molecule has 2 saturated heterocycles. The molecule has 0 unspecified atom stereocenters. The minimum absolute atomic E-state index is 0.289. The molecular weight excluding hydrogens is 652 g/mol. The molecule has 12 nitrogen and oxygen atoms in total. The zero-order chi connectivity index (χ0) is 38.7. The predicted molar refractivity (Wildman–Crippen MR) is 195 cm³/mol. The van der Waals surface area contributed by atoms with Gasteiger partial charge in [0.1, 0.15) is 30.3 Å². The van der Waals surface area contributed by atoms with Crippen LogP contribution in [0.1, 0.15) is 114 Å². The Balaban J connectivity index is 2.79. The number of hydrogen-bond acceptors (Lipinski definition) is 8. The Morgan fingerprint density at radius 1 is 0.804 bits per heavy atom. The van der Waals surface area contributed by atoms with E-state index in [-0.39, 0.29) is 30.2 Å². The van der Waals surface area contributed by atoms with Crippen LogP contribution in [0.25, 0.3) is 0 Å². The first-order valence-corrected chi connectivity index (χ1v) is 19.0. The Bertz CT molecular complexity index is 1280. The quantitative estimate of drug-likeness (QED) is 0.202. The van der Waals surface area contributed by atoms with Crippen LogP contribution in [-0.2, 0) is 38.2 Å². The number of hydrogen-bond donors (Lipinski definition) is 1. The molecule has 0 aromatic carbocycles. The second-order valence-electron chi connectivity index (χ2n) is 15.1. The first-order valence-electron chi connectivity index (χ1n) is 19.0. The van der Waals surface area contributed by atoms with Gasteiger partial charge in [0, 0.05) is 33.0 Å². The normalized spacial score (nSPS) is 29.6. The van der Waals surface area contributed by atoms with Gasteiger partial charge in [0.15, 0.2) is 6.10 Å². The number of esters is 2. The maximum absolute atomic E-state index is 14.3. The lowest BCUT2D eigenvalue weighted by atomic mass is 9.93. The molecule has 0 radical (unpaired) electrons. The topological polar surface area (TPSA) is 143 Å². The SMILES string of the molecule is C#CCCC[C@H]1OC(=O)[C@H]([C@H](C)CC)N(C)C(=O)[C@@H]2CCCN2C(=O)[C@H]([C@@H](C)CC)OC(=O)[C@@H]([C@H](C)CC)N(C)C(=O)[C@H](C(C)C)NC(=O)[C@H]1C. The summed E-state index contributed by atoms with van der Waals surface area (Å²) in [6.45, 7) is 16.7. The van der Waals surface area contributed by atoms with E-state index in [1.54, 1.807) is 27.8 Å². The van der Waals surface area contributed by atoms with Crippen LogP contribution >= 0.6 is 0 Å². The van der Waals surface area contributed by atoms with E-state index in [0.717, 1.165) is 0 Å². The molecule has 2 aliphatic heterocycles. The largest absolute Gasteiger partial charge is 0.460 e. The van der Waals surface area contributed by atoms with Crippen LogP contribution in [0, 0.1) is 41.9 Å². The molecule has 2 rings (SSSR count). The highest BCUT2D eigenvalue weighted by molar-refractivity contribution is 5.95. The van der Waals surface area contributed by atoms with Gasteiger partial charge in [-0.15, -0.1) is 12.3 Å². The number of nitrogens with one attached hydrogen (secondary N) is 1. The summed E-state index contributed by atoms with van der Waals surface area (Å²) in [6.07, 6.45) is 7.15. The number of carbonyl (C=O) groups is 6. The van der Waals surface area contributed by atoms with Crippen molar-refractivity contribution >= 4 is 35.6 Å². The van der Waals surface area contributed by atoms with Crippen molar-refractivity contribution in [1.82, 2.24) is 20.0 Å². The second kappa shape index (κ2) is 19.8. The van der Waals surface area contributed by atoms with Gasteiger partial charge in [0.05, 0.1) is 5.92 Å². The van der Waals surface area contributed by atoms with Gasteiger partial charge in [0.2, 0.25) is 17.7 Å². The number of carbonyl (C=O) groups excluding carboxylic acids is 6. The zero-order valence-electron chi connectivity index (χ0n) is 32.9. The molecule has 2 heterocycles. The van der Waals surface area contributed by atoms with Gasteiger partial charge in [-0.2, -0.15) is 0 Å². The third-order valence-corrected chi connectivity index (χ3v) is 11.1. The van der Waals surface area contributed by atoms with Crippen LogP contribution in [0.3, 0.4) is 0 Å². The summed E-state index contributed by atoms with van der Waals surface area (Å²) in [5.41, 5.74) is 0. The van der Waals surface area contributed by atoms with Crippen LogP contribution in [-0.4, -0.2) is 107 Å². The minimum Gasteiger partial charge on any atom is -0.460 e. The summed E-state index contributed by atoms with van der Waals surface area (Å²) >= 11 is 0. The van der Waals surface area contributed by atoms with E-state index in [0.29, 0.717) is 51.4 Å². The number of likely N-dealkylation sites (N-methyl/N-ethyl adjacent to an activating group) is 2. The van der Waals surface area contributed by atoms with Gasteiger partial charge < -0.3 is 29.5 Å². The molecule has 2 aliphatic rings. The van der Waals surface area contributed by atoms with Crippen molar-refractivity contribution in [1.29, 1.82) is 0 Å². The third kappa shape index (κ3) is 10.5. The van der Waals surface area contributed by atoms with E-state index < -0.39 is 77.9 Å². The van der Waals surface area contributed by atoms with Gasteiger partial charge in [-0.1, -0.05) is 75.2 Å². The molecule has 0 aromatic heterocycles. The van der Waals surface area contributed by atoms with Crippen molar-refractivity contribution < 1.29 is 38.2 Å². The van der Waals surface area contributed by atoms with Crippen molar-refractivity contribution in [3.8, 4) is 12.3 Å². The second-order valence-corrected chi connectivity index (χ2v) is 15.1. The molecule has 12 heteroatoms. The van der Waals surface area contributed by atoms with Crippen molar-refractivity contribution in [2.75, 3.05) is 20.6 Å². The summed E-state index contributed by atoms with van der Waals surface area (Å²) in [5, 5.41) is 2.88. The molecule has 51 heavy (non-hydrogen) atoms. The van der Waals surface area contributed by atoms with Gasteiger partial charge in [-0.25, -0.2) is 9.59 Å². The third-order valence-electron chi connectivity index (χ3n) is 11.1. The highest BCUT2D eigenvalue weighted by atomic mass is 16.6. The van der Waals surface area contributed by atoms with Crippen molar-refractivity contribution in [2.24, 2.45) is 29.6 Å². The Kier molecular flexibility index (Phi) is 16.9. The molecule has 4 amide bonds. The van der Waals surface area contributed by atoms with Gasteiger partial charge >= 0.3 is 11.9 Å². The van der Waals surface area contributed by atoms with E-state index in [2.05, 4.69) is 11.2 Å². The lowest BCUT2D eigenvalue weighted by molar-refractivity contribution is -0.172. The first-order chi connectivity index (χ1) is 24.0. The van der Waals surface area contributed by atoms with E-state index >= 15 is 0 Å². The van der Waals surface area contributed by atoms with Crippen LogP contribution in [0.5, 0.6) is 0 Å². The van der Waals surface area contributed by atoms with E-state index in [1.807, 2.05) is 41.5 Å². The molecule has 0 aliphatic carbocycles. The molecule has 288 valence electrons. The Morgan fingerprint density at radius 3 is 1.84 bits per heavy atom. The molecular formula is C39H64N4O8. The maximum Gasteiger partial charge on any atom is 0.329 e. The Morgan fingerprint density at radius 2 is 1.33 bits per heavy atom. The van der Waals surface area contributed by atoms with Gasteiger partial charge in [-0.3, -0.25) is 19.2 Å². The van der Waals surface area contributed by atoms with E-state index in [9.17, 15) is 28.8 Å². The predicted octanol–water partition coefficient (Wildman–Crippen LogP) is 4.19. The number of ether oxygens (including phenoxy) is 2. The lowest BCUT2D eigenvalue weighted by Crippen LogP contribution is -2.58. The summed E-state index contributed by atoms with van der Waals surface area (Å²) in [7, 11) is 3.06.